The SMILES string of the molecule is O=C(O)C(F)(F)S(=O)c1ccc([N+](=O)[O-])cc1. The van der Waals surface area contributed by atoms with Gasteiger partial charge in [-0.2, -0.15) is 8.78 Å². The van der Waals surface area contributed by atoms with Crippen molar-refractivity contribution in [1.29, 1.82) is 0 Å². The number of carboxylic acids is 1. The molecule has 0 saturated carbocycles. The van der Waals surface area contributed by atoms with Crippen LogP contribution in [0.3, 0.4) is 0 Å². The summed E-state index contributed by atoms with van der Waals surface area (Å²) < 4.78 is 36.9. The van der Waals surface area contributed by atoms with Crippen molar-refractivity contribution in [3.8, 4) is 0 Å². The van der Waals surface area contributed by atoms with Crippen LogP contribution < -0.4 is 0 Å². The molecule has 0 bridgehead atoms. The van der Waals surface area contributed by atoms with Crippen LogP contribution in [0, 0.1) is 10.1 Å². The number of rotatable bonds is 4. The van der Waals surface area contributed by atoms with Gasteiger partial charge in [-0.25, -0.2) is 9.00 Å². The quantitative estimate of drug-likeness (QED) is 0.655. The summed E-state index contributed by atoms with van der Waals surface area (Å²) in [6, 6.07) is 3.38. The maximum atomic E-state index is 12.9. The van der Waals surface area contributed by atoms with Crippen LogP contribution >= 0.6 is 0 Å². The molecule has 0 amide bonds. The number of alkyl halides is 2. The van der Waals surface area contributed by atoms with E-state index in [9.17, 15) is 27.9 Å². The Bertz CT molecular complexity index is 487. The highest BCUT2D eigenvalue weighted by atomic mass is 32.2. The zero-order valence-corrected chi connectivity index (χ0v) is 8.82. The Balaban J connectivity index is 3.06. The van der Waals surface area contributed by atoms with Crippen LogP contribution in [0.2, 0.25) is 0 Å². The molecule has 92 valence electrons. The molecule has 0 aromatic heterocycles. The summed E-state index contributed by atoms with van der Waals surface area (Å²) in [5.74, 6) is -2.52. The molecule has 1 N–H and O–H groups in total. The van der Waals surface area contributed by atoms with Gasteiger partial charge in [-0.1, -0.05) is 0 Å². The van der Waals surface area contributed by atoms with Crippen molar-refractivity contribution in [2.45, 2.75) is 10.2 Å². The number of hydrogen-bond donors (Lipinski definition) is 1. The first kappa shape index (κ1) is 13.2. The minimum atomic E-state index is -4.43. The third kappa shape index (κ3) is 2.61. The number of benzene rings is 1. The van der Waals surface area contributed by atoms with E-state index in [1.54, 1.807) is 0 Å². The van der Waals surface area contributed by atoms with Crippen molar-refractivity contribution in [2.75, 3.05) is 0 Å². The fourth-order valence-corrected chi connectivity index (χ4v) is 1.76. The van der Waals surface area contributed by atoms with Crippen LogP contribution in [-0.2, 0) is 15.6 Å². The van der Waals surface area contributed by atoms with Gasteiger partial charge in [0.05, 0.1) is 4.92 Å². The van der Waals surface area contributed by atoms with Gasteiger partial charge in [0.15, 0.2) is 0 Å². The van der Waals surface area contributed by atoms with E-state index in [1.807, 2.05) is 0 Å². The molecule has 1 aromatic rings. The summed E-state index contributed by atoms with van der Waals surface area (Å²) >= 11 is 0. The molecular formula is C8H5F2NO5S. The Labute approximate surface area is 95.5 Å². The first-order chi connectivity index (χ1) is 7.76. The van der Waals surface area contributed by atoms with Crippen molar-refractivity contribution in [2.24, 2.45) is 0 Å². The Morgan fingerprint density at radius 3 is 2.18 bits per heavy atom. The lowest BCUT2D eigenvalue weighted by molar-refractivity contribution is -0.384. The third-order valence-electron chi connectivity index (χ3n) is 1.74. The van der Waals surface area contributed by atoms with E-state index in [-0.39, 0.29) is 5.69 Å². The molecule has 0 aliphatic rings. The van der Waals surface area contributed by atoms with E-state index in [2.05, 4.69) is 0 Å². The normalized spacial score (nSPS) is 13.1. The summed E-state index contributed by atoms with van der Waals surface area (Å²) in [6.07, 6.45) is 0. The molecule has 1 atom stereocenters. The van der Waals surface area contributed by atoms with Gasteiger partial charge in [0.2, 0.25) is 0 Å². The van der Waals surface area contributed by atoms with Crippen LogP contribution in [0.5, 0.6) is 0 Å². The van der Waals surface area contributed by atoms with Crippen LogP contribution in [0.25, 0.3) is 0 Å². The molecule has 1 aromatic carbocycles. The highest BCUT2D eigenvalue weighted by molar-refractivity contribution is 7.87. The number of hydrogen-bond acceptors (Lipinski definition) is 4. The maximum absolute atomic E-state index is 12.9. The second-order valence-corrected chi connectivity index (χ2v) is 4.36. The highest BCUT2D eigenvalue weighted by Gasteiger charge is 2.46. The number of nitro groups is 1. The molecular weight excluding hydrogens is 260 g/mol. The second-order valence-electron chi connectivity index (χ2n) is 2.84. The zero-order valence-electron chi connectivity index (χ0n) is 8.00. The van der Waals surface area contributed by atoms with Gasteiger partial charge in [-0.15, -0.1) is 0 Å². The topological polar surface area (TPSA) is 97.5 Å². The molecule has 0 radical (unpaired) electrons. The van der Waals surface area contributed by atoms with Crippen LogP contribution in [-0.4, -0.2) is 25.5 Å². The fraction of sp³-hybridized carbons (Fsp3) is 0.125. The molecule has 0 heterocycles. The predicted octanol–water partition coefficient (Wildman–Crippen LogP) is 1.38. The van der Waals surface area contributed by atoms with Crippen LogP contribution in [0.1, 0.15) is 0 Å². The first-order valence-electron chi connectivity index (χ1n) is 4.04. The summed E-state index contributed by atoms with van der Waals surface area (Å²) in [5, 5.41) is 14.0. The van der Waals surface area contributed by atoms with E-state index in [0.29, 0.717) is 0 Å². The largest absolute Gasteiger partial charge is 0.476 e. The van der Waals surface area contributed by atoms with Crippen molar-refractivity contribution in [3.05, 3.63) is 34.4 Å². The minimum absolute atomic E-state index is 0.371. The minimum Gasteiger partial charge on any atom is -0.476 e. The van der Waals surface area contributed by atoms with Gasteiger partial charge >= 0.3 is 11.2 Å². The predicted molar refractivity (Wildman–Crippen MR) is 52.1 cm³/mol. The number of halogens is 2. The van der Waals surface area contributed by atoms with E-state index >= 15 is 0 Å². The maximum Gasteiger partial charge on any atom is 0.419 e. The van der Waals surface area contributed by atoms with Crippen molar-refractivity contribution < 1.29 is 27.8 Å². The highest BCUT2D eigenvalue weighted by Crippen LogP contribution is 2.26. The Morgan fingerprint density at radius 2 is 1.82 bits per heavy atom. The average molecular weight is 265 g/mol. The number of nitro benzene ring substituents is 1. The van der Waals surface area contributed by atoms with Gasteiger partial charge < -0.3 is 5.11 Å². The summed E-state index contributed by atoms with van der Waals surface area (Å²) in [5.41, 5.74) is -0.371. The molecule has 0 fully saturated rings. The molecule has 1 unspecified atom stereocenters. The summed E-state index contributed by atoms with van der Waals surface area (Å²) in [4.78, 5) is 19.2. The van der Waals surface area contributed by atoms with Crippen molar-refractivity contribution in [3.63, 3.8) is 0 Å². The van der Waals surface area contributed by atoms with Crippen molar-refractivity contribution >= 4 is 22.5 Å². The van der Waals surface area contributed by atoms with Crippen LogP contribution in [0.4, 0.5) is 14.5 Å². The number of aliphatic carboxylic acids is 1. The van der Waals surface area contributed by atoms with Gasteiger partial charge in [-0.05, 0) is 12.1 Å². The molecule has 9 heteroatoms. The van der Waals surface area contributed by atoms with E-state index < -0.39 is 31.8 Å². The number of nitrogens with zero attached hydrogens (tertiary/aromatic N) is 1. The fourth-order valence-electron chi connectivity index (χ4n) is 0.919. The summed E-state index contributed by atoms with van der Waals surface area (Å²) in [7, 11) is -3.10. The average Bonchev–Trinajstić information content (AvgIpc) is 2.27. The lowest BCUT2D eigenvalue weighted by atomic mass is 10.3. The van der Waals surface area contributed by atoms with Gasteiger partial charge in [0.1, 0.15) is 10.8 Å². The Kier molecular flexibility index (Phi) is 3.51. The number of carbonyl (C=O) groups is 1. The summed E-state index contributed by atoms with van der Waals surface area (Å²) in [6.45, 7) is 0. The van der Waals surface area contributed by atoms with Crippen LogP contribution in [0.15, 0.2) is 29.2 Å². The van der Waals surface area contributed by atoms with Crippen molar-refractivity contribution in [1.82, 2.24) is 0 Å². The lowest BCUT2D eigenvalue weighted by Gasteiger charge is -2.10. The first-order valence-corrected chi connectivity index (χ1v) is 5.19. The molecule has 0 saturated heterocycles. The number of carboxylic acid groups (broad SMARTS) is 1. The molecule has 0 spiro atoms. The van der Waals surface area contributed by atoms with E-state index in [4.69, 9.17) is 5.11 Å². The lowest BCUT2D eigenvalue weighted by Crippen LogP contribution is -2.33. The Hall–Kier alpha value is -1.90. The van der Waals surface area contributed by atoms with Gasteiger partial charge in [-0.3, -0.25) is 10.1 Å². The van der Waals surface area contributed by atoms with Gasteiger partial charge in [0, 0.05) is 17.0 Å². The van der Waals surface area contributed by atoms with E-state index in [0.717, 1.165) is 24.3 Å². The van der Waals surface area contributed by atoms with E-state index in [1.165, 1.54) is 0 Å². The second kappa shape index (κ2) is 4.53. The molecule has 17 heavy (non-hydrogen) atoms. The zero-order chi connectivity index (χ0) is 13.2. The van der Waals surface area contributed by atoms with Gasteiger partial charge in [0.25, 0.3) is 5.69 Å². The molecule has 1 rings (SSSR count). The number of non-ortho nitro benzene ring substituents is 1. The Morgan fingerprint density at radius 1 is 1.35 bits per heavy atom. The molecule has 6 nitrogen and oxygen atoms in total. The smallest absolute Gasteiger partial charge is 0.419 e. The molecule has 0 aliphatic carbocycles. The third-order valence-corrected chi connectivity index (χ3v) is 3.08. The standard InChI is InChI=1S/C8H5F2NO5S/c9-8(10,7(12)13)17(16)6-3-1-5(2-4-6)11(14)15/h1-4H,(H,12,13). The molecule has 0 aliphatic heterocycles. The monoisotopic (exact) mass is 265 g/mol.